The maximum absolute atomic E-state index is 12.4. The monoisotopic (exact) mass is 233 g/mol. The minimum Gasteiger partial charge on any atom is -0.328 e. The second-order valence-corrected chi connectivity index (χ2v) is 4.28. The maximum atomic E-state index is 12.4. The molecule has 0 aromatic carbocycles. The van der Waals surface area contributed by atoms with Crippen molar-refractivity contribution in [3.8, 4) is 0 Å². The van der Waals surface area contributed by atoms with Crippen LogP contribution in [0.3, 0.4) is 0 Å². The molecule has 0 saturated heterocycles. The number of alkyl halides is 3. The molecule has 90 valence electrons. The van der Waals surface area contributed by atoms with E-state index >= 15 is 0 Å². The van der Waals surface area contributed by atoms with Gasteiger partial charge in [0.25, 0.3) is 0 Å². The molecule has 1 fully saturated rings. The second-order valence-electron chi connectivity index (χ2n) is 4.28. The number of hydrogen-bond acceptors (Lipinski definition) is 2. The quantitative estimate of drug-likeness (QED) is 0.809. The summed E-state index contributed by atoms with van der Waals surface area (Å²) in [7, 11) is 0. The van der Waals surface area contributed by atoms with Crippen LogP contribution in [-0.4, -0.2) is 15.8 Å². The standard InChI is InChI=1S/C10H14F3N3/c11-10(12,13)7-5-15-16(6-7)9-3-1-8(14)2-4-9/h5-6,8-9H,1-4,14H2. The van der Waals surface area contributed by atoms with Gasteiger partial charge >= 0.3 is 6.18 Å². The average Bonchev–Trinajstić information content (AvgIpc) is 2.67. The zero-order chi connectivity index (χ0) is 11.8. The van der Waals surface area contributed by atoms with Crippen LogP contribution in [-0.2, 0) is 6.18 Å². The van der Waals surface area contributed by atoms with Crippen molar-refractivity contribution in [1.82, 2.24) is 9.78 Å². The molecule has 1 aliphatic rings. The molecule has 0 atom stereocenters. The summed E-state index contributed by atoms with van der Waals surface area (Å²) in [6.07, 6.45) is 0.984. The van der Waals surface area contributed by atoms with Gasteiger partial charge in [-0.3, -0.25) is 4.68 Å². The molecule has 0 amide bonds. The molecule has 1 saturated carbocycles. The zero-order valence-electron chi connectivity index (χ0n) is 8.74. The summed E-state index contributed by atoms with van der Waals surface area (Å²) in [6, 6.07) is 0.254. The molecule has 0 unspecified atom stereocenters. The number of nitrogens with two attached hydrogens (primary N) is 1. The van der Waals surface area contributed by atoms with Gasteiger partial charge in [0.05, 0.1) is 17.8 Å². The predicted octanol–water partition coefficient (Wildman–Crippen LogP) is 2.34. The van der Waals surface area contributed by atoms with Gasteiger partial charge in [-0.05, 0) is 25.7 Å². The first-order valence-electron chi connectivity index (χ1n) is 5.34. The minimum atomic E-state index is -4.30. The van der Waals surface area contributed by atoms with Gasteiger partial charge in [-0.25, -0.2) is 0 Å². The first-order chi connectivity index (χ1) is 7.47. The Balaban J connectivity index is 2.08. The molecule has 0 radical (unpaired) electrons. The van der Waals surface area contributed by atoms with E-state index in [1.165, 1.54) is 4.68 Å². The third kappa shape index (κ3) is 2.37. The lowest BCUT2D eigenvalue weighted by Crippen LogP contribution is -2.28. The first-order valence-corrected chi connectivity index (χ1v) is 5.34. The average molecular weight is 233 g/mol. The Bertz CT molecular complexity index is 350. The SMILES string of the molecule is NC1CCC(n2cc(C(F)(F)F)cn2)CC1. The van der Waals surface area contributed by atoms with Crippen molar-refractivity contribution in [2.24, 2.45) is 5.73 Å². The summed E-state index contributed by atoms with van der Waals surface area (Å²) in [5, 5.41) is 3.79. The largest absolute Gasteiger partial charge is 0.419 e. The highest BCUT2D eigenvalue weighted by Gasteiger charge is 2.33. The van der Waals surface area contributed by atoms with Crippen LogP contribution in [0.4, 0.5) is 13.2 Å². The van der Waals surface area contributed by atoms with E-state index in [0.29, 0.717) is 0 Å². The van der Waals surface area contributed by atoms with Crippen LogP contribution < -0.4 is 5.73 Å². The highest BCUT2D eigenvalue weighted by Crippen LogP contribution is 2.32. The fourth-order valence-electron chi connectivity index (χ4n) is 2.05. The van der Waals surface area contributed by atoms with Gasteiger partial charge in [0.1, 0.15) is 0 Å². The molecule has 2 rings (SSSR count). The molecule has 0 aliphatic heterocycles. The first kappa shape index (κ1) is 11.4. The van der Waals surface area contributed by atoms with Crippen LogP contribution in [0, 0.1) is 0 Å². The van der Waals surface area contributed by atoms with Crippen LogP contribution in [0.1, 0.15) is 37.3 Å². The van der Waals surface area contributed by atoms with Crippen molar-refractivity contribution in [3.05, 3.63) is 18.0 Å². The predicted molar refractivity (Wildman–Crippen MR) is 52.7 cm³/mol. The number of rotatable bonds is 1. The Morgan fingerprint density at radius 2 is 1.88 bits per heavy atom. The van der Waals surface area contributed by atoms with Crippen molar-refractivity contribution in [3.63, 3.8) is 0 Å². The molecule has 16 heavy (non-hydrogen) atoms. The molecule has 0 bridgehead atoms. The Labute approximate surface area is 91.4 Å². The number of hydrogen-bond donors (Lipinski definition) is 1. The van der Waals surface area contributed by atoms with E-state index in [1.807, 2.05) is 0 Å². The number of nitrogens with zero attached hydrogens (tertiary/aromatic N) is 2. The Hall–Kier alpha value is -1.04. The van der Waals surface area contributed by atoms with E-state index in [2.05, 4.69) is 5.10 Å². The van der Waals surface area contributed by atoms with Crippen molar-refractivity contribution in [2.75, 3.05) is 0 Å². The molecular weight excluding hydrogens is 219 g/mol. The van der Waals surface area contributed by atoms with E-state index in [0.717, 1.165) is 38.1 Å². The molecule has 3 nitrogen and oxygen atoms in total. The van der Waals surface area contributed by atoms with E-state index in [1.54, 1.807) is 0 Å². The van der Waals surface area contributed by atoms with Gasteiger partial charge in [-0.15, -0.1) is 0 Å². The Kier molecular flexibility index (Phi) is 2.92. The van der Waals surface area contributed by atoms with Crippen LogP contribution in [0.5, 0.6) is 0 Å². The maximum Gasteiger partial charge on any atom is 0.419 e. The zero-order valence-corrected chi connectivity index (χ0v) is 8.74. The summed E-state index contributed by atoms with van der Waals surface area (Å²) in [5.74, 6) is 0. The van der Waals surface area contributed by atoms with E-state index in [-0.39, 0.29) is 12.1 Å². The fourth-order valence-corrected chi connectivity index (χ4v) is 2.05. The van der Waals surface area contributed by atoms with Crippen LogP contribution in [0.2, 0.25) is 0 Å². The molecule has 2 N–H and O–H groups in total. The number of halogens is 3. The fraction of sp³-hybridized carbons (Fsp3) is 0.700. The number of aromatic nitrogens is 2. The second kappa shape index (κ2) is 4.08. The highest BCUT2D eigenvalue weighted by atomic mass is 19.4. The van der Waals surface area contributed by atoms with Crippen LogP contribution >= 0.6 is 0 Å². The smallest absolute Gasteiger partial charge is 0.328 e. The van der Waals surface area contributed by atoms with E-state index in [4.69, 9.17) is 5.73 Å². The molecular formula is C10H14F3N3. The van der Waals surface area contributed by atoms with Crippen LogP contribution in [0.15, 0.2) is 12.4 Å². The van der Waals surface area contributed by atoms with Crippen molar-refractivity contribution in [1.29, 1.82) is 0 Å². The summed E-state index contributed by atoms with van der Waals surface area (Å²) < 4.78 is 38.5. The molecule has 0 spiro atoms. The molecule has 1 heterocycles. The third-order valence-corrected chi connectivity index (χ3v) is 3.04. The minimum absolute atomic E-state index is 0.0656. The van der Waals surface area contributed by atoms with Gasteiger partial charge < -0.3 is 5.73 Å². The lowest BCUT2D eigenvalue weighted by molar-refractivity contribution is -0.137. The lowest BCUT2D eigenvalue weighted by atomic mass is 9.92. The molecule has 6 heteroatoms. The molecule has 1 aromatic heterocycles. The normalized spacial score (nSPS) is 27.0. The summed E-state index contributed by atoms with van der Waals surface area (Å²) in [5.41, 5.74) is 5.06. The summed E-state index contributed by atoms with van der Waals surface area (Å²) >= 11 is 0. The Morgan fingerprint density at radius 3 is 2.38 bits per heavy atom. The summed E-state index contributed by atoms with van der Waals surface area (Å²) in [6.45, 7) is 0. The van der Waals surface area contributed by atoms with Gasteiger partial charge in [0, 0.05) is 12.2 Å². The molecule has 1 aliphatic carbocycles. The van der Waals surface area contributed by atoms with Gasteiger partial charge in [-0.2, -0.15) is 18.3 Å². The van der Waals surface area contributed by atoms with Gasteiger partial charge in [0.15, 0.2) is 0 Å². The lowest BCUT2D eigenvalue weighted by Gasteiger charge is -2.26. The topological polar surface area (TPSA) is 43.8 Å². The van der Waals surface area contributed by atoms with Gasteiger partial charge in [0.2, 0.25) is 0 Å². The Morgan fingerprint density at radius 1 is 1.25 bits per heavy atom. The van der Waals surface area contributed by atoms with E-state index in [9.17, 15) is 13.2 Å². The van der Waals surface area contributed by atoms with Crippen molar-refractivity contribution in [2.45, 2.75) is 43.9 Å². The third-order valence-electron chi connectivity index (χ3n) is 3.04. The van der Waals surface area contributed by atoms with Gasteiger partial charge in [-0.1, -0.05) is 0 Å². The van der Waals surface area contributed by atoms with Crippen LogP contribution in [0.25, 0.3) is 0 Å². The highest BCUT2D eigenvalue weighted by molar-refractivity contribution is 5.09. The van der Waals surface area contributed by atoms with E-state index < -0.39 is 11.7 Å². The summed E-state index contributed by atoms with van der Waals surface area (Å²) in [4.78, 5) is 0. The molecule has 1 aromatic rings. The van der Waals surface area contributed by atoms with Crippen molar-refractivity contribution < 1.29 is 13.2 Å². The van der Waals surface area contributed by atoms with Crippen molar-refractivity contribution >= 4 is 0 Å².